The molecule has 0 saturated carbocycles. The molecule has 0 aromatic heterocycles. The molecule has 0 heterocycles. The molecule has 0 radical (unpaired) electrons. The number of aromatic hydroxyl groups is 4. The van der Waals surface area contributed by atoms with Gasteiger partial charge in [0.05, 0.1) is 7.11 Å². The van der Waals surface area contributed by atoms with Gasteiger partial charge in [0, 0.05) is 11.1 Å². The standard InChI is InChI=1S/C16H14O6/c1-22-11-3-5-12(17)9(6-11)2-4-13(18)10-7-14(19)16(21)15(20)8-10/h2-8,17,19-21H,1H3/b4-2+. The van der Waals surface area contributed by atoms with Crippen LogP contribution in [0.2, 0.25) is 0 Å². The van der Waals surface area contributed by atoms with Gasteiger partial charge in [-0.1, -0.05) is 0 Å². The number of benzene rings is 2. The Balaban J connectivity index is 2.29. The molecule has 0 spiro atoms. The highest BCUT2D eigenvalue weighted by Crippen LogP contribution is 2.35. The van der Waals surface area contributed by atoms with Crippen LogP contribution in [0.25, 0.3) is 6.08 Å². The summed E-state index contributed by atoms with van der Waals surface area (Å²) >= 11 is 0. The van der Waals surface area contributed by atoms with Crippen LogP contribution in [0.3, 0.4) is 0 Å². The molecular weight excluding hydrogens is 288 g/mol. The topological polar surface area (TPSA) is 107 Å². The van der Waals surface area contributed by atoms with Gasteiger partial charge in [-0.15, -0.1) is 0 Å². The number of ketones is 1. The number of hydrogen-bond acceptors (Lipinski definition) is 6. The highest BCUT2D eigenvalue weighted by Gasteiger charge is 2.12. The highest BCUT2D eigenvalue weighted by atomic mass is 16.5. The average molecular weight is 302 g/mol. The second kappa shape index (κ2) is 6.09. The molecule has 0 aliphatic rings. The van der Waals surface area contributed by atoms with Crippen molar-refractivity contribution in [1.82, 2.24) is 0 Å². The molecule has 2 aromatic carbocycles. The maximum atomic E-state index is 12.0. The van der Waals surface area contributed by atoms with E-state index in [9.17, 15) is 25.2 Å². The molecule has 0 saturated heterocycles. The van der Waals surface area contributed by atoms with Crippen LogP contribution in [0.15, 0.2) is 36.4 Å². The molecule has 22 heavy (non-hydrogen) atoms. The molecule has 0 atom stereocenters. The predicted octanol–water partition coefficient (Wildman–Crippen LogP) is 2.41. The van der Waals surface area contributed by atoms with Crippen molar-refractivity contribution < 1.29 is 30.0 Å². The van der Waals surface area contributed by atoms with E-state index in [1.807, 2.05) is 0 Å². The Hall–Kier alpha value is -3.15. The first-order valence-corrected chi connectivity index (χ1v) is 6.26. The van der Waals surface area contributed by atoms with Gasteiger partial charge in [0.25, 0.3) is 0 Å². The SMILES string of the molecule is COc1ccc(O)c(/C=C/C(=O)c2cc(O)c(O)c(O)c2)c1. The predicted molar refractivity (Wildman–Crippen MR) is 79.5 cm³/mol. The van der Waals surface area contributed by atoms with E-state index in [4.69, 9.17) is 4.74 Å². The molecular formula is C16H14O6. The molecule has 0 aliphatic heterocycles. The van der Waals surface area contributed by atoms with E-state index in [1.54, 1.807) is 12.1 Å². The Morgan fingerprint density at radius 2 is 1.64 bits per heavy atom. The maximum absolute atomic E-state index is 12.0. The second-order valence-electron chi connectivity index (χ2n) is 4.49. The largest absolute Gasteiger partial charge is 0.507 e. The Labute approximate surface area is 126 Å². The van der Waals surface area contributed by atoms with Crippen LogP contribution in [0.1, 0.15) is 15.9 Å². The fourth-order valence-corrected chi connectivity index (χ4v) is 1.80. The fraction of sp³-hybridized carbons (Fsp3) is 0.0625. The maximum Gasteiger partial charge on any atom is 0.200 e. The minimum atomic E-state index is -0.689. The molecule has 0 bridgehead atoms. The van der Waals surface area contributed by atoms with Crippen LogP contribution < -0.4 is 4.74 Å². The number of rotatable bonds is 4. The van der Waals surface area contributed by atoms with Crippen molar-refractivity contribution in [1.29, 1.82) is 0 Å². The third-order valence-electron chi connectivity index (χ3n) is 3.00. The number of carbonyl (C=O) groups is 1. The highest BCUT2D eigenvalue weighted by molar-refractivity contribution is 6.07. The summed E-state index contributed by atoms with van der Waals surface area (Å²) in [6.45, 7) is 0. The molecule has 6 nitrogen and oxygen atoms in total. The third-order valence-corrected chi connectivity index (χ3v) is 3.00. The van der Waals surface area contributed by atoms with E-state index >= 15 is 0 Å². The van der Waals surface area contributed by atoms with Crippen LogP contribution in [-0.4, -0.2) is 33.3 Å². The summed E-state index contributed by atoms with van der Waals surface area (Å²) in [5.41, 5.74) is 0.367. The van der Waals surface area contributed by atoms with Crippen molar-refractivity contribution in [2.24, 2.45) is 0 Å². The lowest BCUT2D eigenvalue weighted by Crippen LogP contribution is -1.94. The zero-order chi connectivity index (χ0) is 16.3. The zero-order valence-electron chi connectivity index (χ0n) is 11.6. The number of hydrogen-bond donors (Lipinski definition) is 4. The minimum absolute atomic E-state index is 0.00793. The normalized spacial score (nSPS) is 10.8. The van der Waals surface area contributed by atoms with E-state index in [0.29, 0.717) is 11.3 Å². The van der Waals surface area contributed by atoms with Crippen LogP contribution in [0, 0.1) is 0 Å². The number of phenols is 4. The lowest BCUT2D eigenvalue weighted by atomic mass is 10.1. The first-order chi connectivity index (χ1) is 10.4. The summed E-state index contributed by atoms with van der Waals surface area (Å²) in [6.07, 6.45) is 2.54. The van der Waals surface area contributed by atoms with Crippen LogP contribution in [0.4, 0.5) is 0 Å². The number of ether oxygens (including phenoxy) is 1. The molecule has 2 rings (SSSR count). The van der Waals surface area contributed by atoms with Crippen molar-refractivity contribution >= 4 is 11.9 Å². The summed E-state index contributed by atoms with van der Waals surface area (Å²) in [7, 11) is 1.48. The van der Waals surface area contributed by atoms with Crippen molar-refractivity contribution in [3.8, 4) is 28.7 Å². The Morgan fingerprint density at radius 1 is 1.00 bits per heavy atom. The number of phenolic OH excluding ortho intramolecular Hbond substituents is 4. The van der Waals surface area contributed by atoms with Crippen molar-refractivity contribution in [2.75, 3.05) is 7.11 Å². The Bertz CT molecular complexity index is 725. The minimum Gasteiger partial charge on any atom is -0.507 e. The van der Waals surface area contributed by atoms with E-state index in [-0.39, 0.29) is 11.3 Å². The molecule has 4 N–H and O–H groups in total. The van der Waals surface area contributed by atoms with Gasteiger partial charge in [-0.2, -0.15) is 0 Å². The zero-order valence-corrected chi connectivity index (χ0v) is 11.6. The van der Waals surface area contributed by atoms with Gasteiger partial charge in [-0.05, 0) is 42.5 Å². The van der Waals surface area contributed by atoms with Gasteiger partial charge >= 0.3 is 0 Å². The van der Waals surface area contributed by atoms with Crippen molar-refractivity contribution in [2.45, 2.75) is 0 Å². The van der Waals surface area contributed by atoms with E-state index in [2.05, 4.69) is 0 Å². The number of allylic oxidation sites excluding steroid dienone is 1. The molecule has 0 aliphatic carbocycles. The summed E-state index contributed by atoms with van der Waals surface area (Å²) in [6, 6.07) is 6.62. The van der Waals surface area contributed by atoms with Gasteiger partial charge in [0.1, 0.15) is 11.5 Å². The second-order valence-corrected chi connectivity index (χ2v) is 4.49. The Kier molecular flexibility index (Phi) is 4.22. The first kappa shape index (κ1) is 15.2. The van der Waals surface area contributed by atoms with Gasteiger partial charge in [0.15, 0.2) is 23.0 Å². The van der Waals surface area contributed by atoms with E-state index in [0.717, 1.165) is 12.1 Å². The lowest BCUT2D eigenvalue weighted by Gasteiger charge is -2.04. The van der Waals surface area contributed by atoms with E-state index < -0.39 is 23.0 Å². The number of methoxy groups -OCH3 is 1. The van der Waals surface area contributed by atoms with Crippen molar-refractivity contribution in [3.63, 3.8) is 0 Å². The Morgan fingerprint density at radius 3 is 2.23 bits per heavy atom. The number of carbonyl (C=O) groups excluding carboxylic acids is 1. The average Bonchev–Trinajstić information content (AvgIpc) is 2.51. The summed E-state index contributed by atoms with van der Waals surface area (Å²) in [4.78, 5) is 12.0. The summed E-state index contributed by atoms with van der Waals surface area (Å²) in [5.74, 6) is -1.91. The van der Waals surface area contributed by atoms with Crippen LogP contribution >= 0.6 is 0 Å². The quantitative estimate of drug-likeness (QED) is 0.392. The smallest absolute Gasteiger partial charge is 0.200 e. The summed E-state index contributed by atoms with van der Waals surface area (Å²) in [5, 5.41) is 37.7. The molecule has 0 fully saturated rings. The van der Waals surface area contributed by atoms with Crippen LogP contribution in [-0.2, 0) is 0 Å². The molecule has 114 valence electrons. The third kappa shape index (κ3) is 3.12. The molecule has 6 heteroatoms. The van der Waals surface area contributed by atoms with Gasteiger partial charge in [-0.25, -0.2) is 0 Å². The van der Waals surface area contributed by atoms with E-state index in [1.165, 1.54) is 25.3 Å². The van der Waals surface area contributed by atoms with Gasteiger partial charge in [-0.3, -0.25) is 4.79 Å². The summed E-state index contributed by atoms with van der Waals surface area (Å²) < 4.78 is 5.02. The lowest BCUT2D eigenvalue weighted by molar-refractivity contribution is 0.104. The first-order valence-electron chi connectivity index (χ1n) is 6.26. The molecule has 2 aromatic rings. The van der Waals surface area contributed by atoms with Gasteiger partial charge in [0.2, 0.25) is 0 Å². The van der Waals surface area contributed by atoms with Gasteiger partial charge < -0.3 is 25.2 Å². The molecule has 0 unspecified atom stereocenters. The van der Waals surface area contributed by atoms with Crippen LogP contribution in [0.5, 0.6) is 28.7 Å². The fourth-order valence-electron chi connectivity index (χ4n) is 1.80. The van der Waals surface area contributed by atoms with Crippen molar-refractivity contribution in [3.05, 3.63) is 47.5 Å². The molecule has 0 amide bonds. The monoisotopic (exact) mass is 302 g/mol.